The molecule has 1 amide bonds. The van der Waals surface area contributed by atoms with E-state index in [1.807, 2.05) is 31.1 Å². The molecule has 0 fully saturated rings. The number of hydrogen-bond donors (Lipinski definition) is 1. The van der Waals surface area contributed by atoms with Gasteiger partial charge < -0.3 is 15.5 Å². The van der Waals surface area contributed by atoms with Crippen LogP contribution in [0.3, 0.4) is 0 Å². The third kappa shape index (κ3) is 3.55. The molecule has 0 atom stereocenters. The molecule has 4 nitrogen and oxygen atoms in total. The number of carbonyl (C=O) groups is 1. The Kier molecular flexibility index (Phi) is 4.31. The van der Waals surface area contributed by atoms with Gasteiger partial charge in [-0.1, -0.05) is 0 Å². The summed E-state index contributed by atoms with van der Waals surface area (Å²) in [7, 11) is 3.97. The summed E-state index contributed by atoms with van der Waals surface area (Å²) in [4.78, 5) is 15.3. The fourth-order valence-electron chi connectivity index (χ4n) is 1.42. The molecule has 0 saturated heterocycles. The molecule has 0 aliphatic rings. The van der Waals surface area contributed by atoms with Crippen molar-refractivity contribution in [3.05, 3.63) is 24.3 Å². The number of rotatable bonds is 4. The summed E-state index contributed by atoms with van der Waals surface area (Å²) in [5.74, 6) is 0.0478. The van der Waals surface area contributed by atoms with Gasteiger partial charge in [0.2, 0.25) is 5.91 Å². The van der Waals surface area contributed by atoms with Crippen LogP contribution in [0, 0.1) is 0 Å². The number of likely N-dealkylation sites (N-methyl/N-ethyl adjacent to an activating group) is 1. The molecular formula is C12H19N3O. The Bertz CT molecular complexity index is 346. The first-order valence-electron chi connectivity index (χ1n) is 5.29. The van der Waals surface area contributed by atoms with E-state index in [0.29, 0.717) is 12.2 Å². The number of benzene rings is 1. The van der Waals surface area contributed by atoms with Crippen molar-refractivity contribution in [1.29, 1.82) is 0 Å². The zero-order valence-corrected chi connectivity index (χ0v) is 10.1. The van der Waals surface area contributed by atoms with Gasteiger partial charge in [0.25, 0.3) is 0 Å². The zero-order chi connectivity index (χ0) is 12.1. The minimum absolute atomic E-state index is 0.0478. The SMILES string of the molecule is CC(=O)N(CCN(C)C)c1ccc(N)cc1. The molecule has 0 heterocycles. The predicted molar refractivity (Wildman–Crippen MR) is 67.4 cm³/mol. The Balaban J connectivity index is 2.77. The highest BCUT2D eigenvalue weighted by atomic mass is 16.2. The van der Waals surface area contributed by atoms with Crippen LogP contribution in [0.25, 0.3) is 0 Å². The van der Waals surface area contributed by atoms with Crippen molar-refractivity contribution >= 4 is 17.3 Å². The molecule has 2 N–H and O–H groups in total. The van der Waals surface area contributed by atoms with Gasteiger partial charge in [0.05, 0.1) is 0 Å². The van der Waals surface area contributed by atoms with Crippen molar-refractivity contribution in [3.8, 4) is 0 Å². The summed E-state index contributed by atoms with van der Waals surface area (Å²) >= 11 is 0. The number of amides is 1. The predicted octanol–water partition coefficient (Wildman–Crippen LogP) is 1.18. The minimum Gasteiger partial charge on any atom is -0.399 e. The second-order valence-electron chi connectivity index (χ2n) is 4.07. The molecule has 1 aromatic carbocycles. The molecule has 4 heteroatoms. The summed E-state index contributed by atoms with van der Waals surface area (Å²) < 4.78 is 0. The maximum atomic E-state index is 11.5. The highest BCUT2D eigenvalue weighted by Gasteiger charge is 2.10. The average Bonchev–Trinajstić information content (AvgIpc) is 2.20. The van der Waals surface area contributed by atoms with E-state index >= 15 is 0 Å². The highest BCUT2D eigenvalue weighted by molar-refractivity contribution is 5.91. The minimum atomic E-state index is 0.0478. The Labute approximate surface area is 96.6 Å². The van der Waals surface area contributed by atoms with Crippen LogP contribution in [-0.2, 0) is 4.79 Å². The lowest BCUT2D eigenvalue weighted by Crippen LogP contribution is -2.35. The normalized spacial score (nSPS) is 10.5. The molecule has 0 saturated carbocycles. The number of hydrogen-bond acceptors (Lipinski definition) is 3. The standard InChI is InChI=1S/C12H19N3O/c1-10(16)15(9-8-14(2)3)12-6-4-11(13)5-7-12/h4-7H,8-9,13H2,1-3H3. The first-order chi connectivity index (χ1) is 7.50. The first kappa shape index (κ1) is 12.5. The van der Waals surface area contributed by atoms with Gasteiger partial charge in [0.1, 0.15) is 0 Å². The van der Waals surface area contributed by atoms with Gasteiger partial charge in [-0.15, -0.1) is 0 Å². The van der Waals surface area contributed by atoms with Crippen LogP contribution in [0.5, 0.6) is 0 Å². The highest BCUT2D eigenvalue weighted by Crippen LogP contribution is 2.16. The van der Waals surface area contributed by atoms with Crippen LogP contribution in [0.2, 0.25) is 0 Å². The summed E-state index contributed by atoms with van der Waals surface area (Å²) in [6.45, 7) is 3.10. The van der Waals surface area contributed by atoms with Crippen LogP contribution in [0.15, 0.2) is 24.3 Å². The van der Waals surface area contributed by atoms with Crippen molar-refractivity contribution in [2.45, 2.75) is 6.92 Å². The Morgan fingerprint density at radius 3 is 2.19 bits per heavy atom. The molecule has 0 aliphatic heterocycles. The summed E-state index contributed by atoms with van der Waals surface area (Å²) in [5, 5.41) is 0. The van der Waals surface area contributed by atoms with Crippen molar-refractivity contribution in [3.63, 3.8) is 0 Å². The monoisotopic (exact) mass is 221 g/mol. The molecule has 0 radical (unpaired) electrons. The lowest BCUT2D eigenvalue weighted by molar-refractivity contribution is -0.116. The quantitative estimate of drug-likeness (QED) is 0.777. The van der Waals surface area contributed by atoms with E-state index in [9.17, 15) is 4.79 Å². The first-order valence-corrected chi connectivity index (χ1v) is 5.29. The fraction of sp³-hybridized carbons (Fsp3) is 0.417. The maximum Gasteiger partial charge on any atom is 0.223 e. The lowest BCUT2D eigenvalue weighted by Gasteiger charge is -2.23. The number of nitrogens with zero attached hydrogens (tertiary/aromatic N) is 2. The fourth-order valence-corrected chi connectivity index (χ4v) is 1.42. The van der Waals surface area contributed by atoms with Crippen LogP contribution in [0.1, 0.15) is 6.92 Å². The topological polar surface area (TPSA) is 49.6 Å². The third-order valence-corrected chi connectivity index (χ3v) is 2.36. The second-order valence-corrected chi connectivity index (χ2v) is 4.07. The van der Waals surface area contributed by atoms with E-state index in [1.165, 1.54) is 0 Å². The number of carbonyl (C=O) groups excluding carboxylic acids is 1. The van der Waals surface area contributed by atoms with Gasteiger partial charge in [-0.25, -0.2) is 0 Å². The maximum absolute atomic E-state index is 11.5. The Hall–Kier alpha value is -1.55. The van der Waals surface area contributed by atoms with Crippen LogP contribution >= 0.6 is 0 Å². The molecule has 88 valence electrons. The smallest absolute Gasteiger partial charge is 0.223 e. The number of anilines is 2. The second kappa shape index (κ2) is 5.51. The summed E-state index contributed by atoms with van der Waals surface area (Å²) in [6.07, 6.45) is 0. The zero-order valence-electron chi connectivity index (χ0n) is 10.1. The molecule has 1 rings (SSSR count). The third-order valence-electron chi connectivity index (χ3n) is 2.36. The number of nitrogens with two attached hydrogens (primary N) is 1. The van der Waals surface area contributed by atoms with Crippen LogP contribution in [0.4, 0.5) is 11.4 Å². The molecule has 1 aromatic rings. The average molecular weight is 221 g/mol. The van der Waals surface area contributed by atoms with E-state index in [-0.39, 0.29) is 5.91 Å². The lowest BCUT2D eigenvalue weighted by atomic mass is 10.2. The van der Waals surface area contributed by atoms with E-state index in [0.717, 1.165) is 12.2 Å². The van der Waals surface area contributed by atoms with Gasteiger partial charge in [-0.3, -0.25) is 4.79 Å². The van der Waals surface area contributed by atoms with Gasteiger partial charge in [-0.05, 0) is 38.4 Å². The summed E-state index contributed by atoms with van der Waals surface area (Å²) in [5.41, 5.74) is 7.21. The molecule has 0 unspecified atom stereocenters. The van der Waals surface area contributed by atoms with E-state index in [4.69, 9.17) is 5.73 Å². The van der Waals surface area contributed by atoms with E-state index < -0.39 is 0 Å². The summed E-state index contributed by atoms with van der Waals surface area (Å²) in [6, 6.07) is 7.35. The van der Waals surface area contributed by atoms with Crippen molar-refractivity contribution in [1.82, 2.24) is 4.90 Å². The molecule has 0 aliphatic carbocycles. The molecule has 0 aromatic heterocycles. The van der Waals surface area contributed by atoms with Crippen LogP contribution in [-0.4, -0.2) is 38.0 Å². The molecule has 0 bridgehead atoms. The van der Waals surface area contributed by atoms with Gasteiger partial charge in [-0.2, -0.15) is 0 Å². The van der Waals surface area contributed by atoms with E-state index in [2.05, 4.69) is 0 Å². The number of nitrogen functional groups attached to an aromatic ring is 1. The van der Waals surface area contributed by atoms with Crippen LogP contribution < -0.4 is 10.6 Å². The van der Waals surface area contributed by atoms with Crippen molar-refractivity contribution in [2.24, 2.45) is 0 Å². The largest absolute Gasteiger partial charge is 0.399 e. The Morgan fingerprint density at radius 1 is 1.19 bits per heavy atom. The van der Waals surface area contributed by atoms with Gasteiger partial charge in [0, 0.05) is 31.4 Å². The van der Waals surface area contributed by atoms with Crippen molar-refractivity contribution < 1.29 is 4.79 Å². The van der Waals surface area contributed by atoms with Crippen molar-refractivity contribution in [2.75, 3.05) is 37.8 Å². The molecule has 16 heavy (non-hydrogen) atoms. The molecular weight excluding hydrogens is 202 g/mol. The Morgan fingerprint density at radius 2 is 1.75 bits per heavy atom. The van der Waals surface area contributed by atoms with Gasteiger partial charge in [0.15, 0.2) is 0 Å². The van der Waals surface area contributed by atoms with Gasteiger partial charge >= 0.3 is 0 Å². The molecule has 0 spiro atoms. The van der Waals surface area contributed by atoms with E-state index in [1.54, 1.807) is 24.0 Å².